The zero-order valence-corrected chi connectivity index (χ0v) is 16.0. The van der Waals surface area contributed by atoms with E-state index in [2.05, 4.69) is 26.9 Å². The number of likely N-dealkylation sites (tertiary alicyclic amines) is 2. The molecule has 1 aromatic carbocycles. The summed E-state index contributed by atoms with van der Waals surface area (Å²) in [5, 5.41) is 4.13. The molecule has 6 heteroatoms. The van der Waals surface area contributed by atoms with Gasteiger partial charge < -0.3 is 9.42 Å². The predicted molar refractivity (Wildman–Crippen MR) is 103 cm³/mol. The molecule has 4 rings (SSSR count). The molecule has 144 valence electrons. The van der Waals surface area contributed by atoms with Gasteiger partial charge in [-0.3, -0.25) is 9.69 Å². The molecule has 0 radical (unpaired) electrons. The Hall–Kier alpha value is -2.21. The lowest BCUT2D eigenvalue weighted by atomic mass is 9.93. The number of benzene rings is 1. The van der Waals surface area contributed by atoms with Crippen LogP contribution in [0.3, 0.4) is 0 Å². The minimum Gasteiger partial charge on any atom is -0.342 e. The van der Waals surface area contributed by atoms with Gasteiger partial charge in [0.1, 0.15) is 0 Å². The first-order valence-corrected chi connectivity index (χ1v) is 10.1. The normalized spacial score (nSPS) is 20.6. The van der Waals surface area contributed by atoms with Crippen LogP contribution in [0, 0.1) is 5.92 Å². The molecule has 27 heavy (non-hydrogen) atoms. The van der Waals surface area contributed by atoms with E-state index in [1.54, 1.807) is 0 Å². The van der Waals surface area contributed by atoms with Crippen LogP contribution in [0.4, 0.5) is 0 Å². The van der Waals surface area contributed by atoms with Crippen molar-refractivity contribution >= 4 is 5.91 Å². The average Bonchev–Trinajstić information content (AvgIpc) is 3.24. The number of amides is 1. The zero-order valence-electron chi connectivity index (χ0n) is 16.0. The number of aromatic nitrogens is 2. The average molecular weight is 368 g/mol. The van der Waals surface area contributed by atoms with Crippen LogP contribution in [0.2, 0.25) is 0 Å². The lowest BCUT2D eigenvalue weighted by Crippen LogP contribution is -2.44. The van der Waals surface area contributed by atoms with Crippen molar-refractivity contribution < 1.29 is 9.32 Å². The molecule has 1 unspecified atom stereocenters. The molecule has 0 saturated carbocycles. The van der Waals surface area contributed by atoms with Crippen LogP contribution >= 0.6 is 0 Å². The highest BCUT2D eigenvalue weighted by molar-refractivity contribution is 5.79. The summed E-state index contributed by atoms with van der Waals surface area (Å²) < 4.78 is 5.53. The monoisotopic (exact) mass is 368 g/mol. The molecule has 2 saturated heterocycles. The minimum absolute atomic E-state index is 0.0704. The Morgan fingerprint density at radius 2 is 1.78 bits per heavy atom. The molecule has 0 aliphatic carbocycles. The molecule has 1 atom stereocenters. The summed E-state index contributed by atoms with van der Waals surface area (Å²) in [4.78, 5) is 21.7. The van der Waals surface area contributed by atoms with Crippen LogP contribution in [-0.2, 0) is 4.79 Å². The molecular weight excluding hydrogens is 340 g/mol. The molecule has 1 amide bonds. The standard InChI is InChI=1S/C21H28N4O2/c1-16(20-22-19(23-27-20)17-8-4-2-5-9-17)24-14-10-18(11-15-24)21(26)25-12-6-3-7-13-25/h2,4-5,8-9,16,18H,3,6-7,10-15H2,1H3. The van der Waals surface area contributed by atoms with E-state index >= 15 is 0 Å². The first-order chi connectivity index (χ1) is 13.2. The first kappa shape index (κ1) is 18.2. The summed E-state index contributed by atoms with van der Waals surface area (Å²) in [5.41, 5.74) is 0.963. The Morgan fingerprint density at radius 1 is 1.07 bits per heavy atom. The van der Waals surface area contributed by atoms with E-state index in [1.165, 1.54) is 6.42 Å². The molecule has 3 heterocycles. The van der Waals surface area contributed by atoms with Crippen LogP contribution in [0.1, 0.15) is 51.0 Å². The van der Waals surface area contributed by atoms with Gasteiger partial charge in [0.2, 0.25) is 17.6 Å². The number of rotatable bonds is 4. The Morgan fingerprint density at radius 3 is 2.48 bits per heavy atom. The van der Waals surface area contributed by atoms with E-state index in [-0.39, 0.29) is 12.0 Å². The molecule has 2 fully saturated rings. The first-order valence-electron chi connectivity index (χ1n) is 10.1. The number of hydrogen-bond acceptors (Lipinski definition) is 5. The third-order valence-electron chi connectivity index (χ3n) is 5.93. The van der Waals surface area contributed by atoms with Crippen molar-refractivity contribution in [2.75, 3.05) is 26.2 Å². The van der Waals surface area contributed by atoms with E-state index in [0.717, 1.165) is 57.4 Å². The SMILES string of the molecule is CC(c1nc(-c2ccccc2)no1)N1CCC(C(=O)N2CCCCC2)CC1. The van der Waals surface area contributed by atoms with Crippen molar-refractivity contribution in [2.45, 2.75) is 45.1 Å². The third-order valence-corrected chi connectivity index (χ3v) is 5.93. The van der Waals surface area contributed by atoms with Crippen molar-refractivity contribution in [3.05, 3.63) is 36.2 Å². The fourth-order valence-corrected chi connectivity index (χ4v) is 4.17. The summed E-state index contributed by atoms with van der Waals surface area (Å²) >= 11 is 0. The second-order valence-corrected chi connectivity index (χ2v) is 7.69. The number of carbonyl (C=O) groups excluding carboxylic acids is 1. The molecule has 2 aliphatic rings. The summed E-state index contributed by atoms with van der Waals surface area (Å²) in [6.45, 7) is 5.79. The highest BCUT2D eigenvalue weighted by atomic mass is 16.5. The fraction of sp³-hybridized carbons (Fsp3) is 0.571. The largest absolute Gasteiger partial charge is 0.342 e. The highest BCUT2D eigenvalue weighted by Gasteiger charge is 2.32. The molecule has 2 aromatic rings. The van der Waals surface area contributed by atoms with Gasteiger partial charge in [-0.1, -0.05) is 35.5 Å². The van der Waals surface area contributed by atoms with Crippen molar-refractivity contribution in [3.63, 3.8) is 0 Å². The summed E-state index contributed by atoms with van der Waals surface area (Å²) in [6, 6.07) is 9.95. The van der Waals surface area contributed by atoms with Gasteiger partial charge >= 0.3 is 0 Å². The molecule has 0 bridgehead atoms. The van der Waals surface area contributed by atoms with Crippen LogP contribution in [0.25, 0.3) is 11.4 Å². The van der Waals surface area contributed by atoms with Crippen molar-refractivity contribution in [1.29, 1.82) is 0 Å². The van der Waals surface area contributed by atoms with Gasteiger partial charge in [0.25, 0.3) is 0 Å². The quantitative estimate of drug-likeness (QED) is 0.826. The zero-order chi connectivity index (χ0) is 18.6. The van der Waals surface area contributed by atoms with Crippen LogP contribution < -0.4 is 0 Å². The van der Waals surface area contributed by atoms with Crippen LogP contribution in [0.15, 0.2) is 34.9 Å². The van der Waals surface area contributed by atoms with Crippen molar-refractivity contribution in [3.8, 4) is 11.4 Å². The smallest absolute Gasteiger partial charge is 0.244 e. The van der Waals surface area contributed by atoms with E-state index in [9.17, 15) is 4.79 Å². The predicted octanol–water partition coefficient (Wildman–Crippen LogP) is 3.52. The number of nitrogens with zero attached hydrogens (tertiary/aromatic N) is 4. The van der Waals surface area contributed by atoms with Crippen molar-refractivity contribution in [1.82, 2.24) is 19.9 Å². The Labute approximate surface area is 160 Å². The van der Waals surface area contributed by atoms with Gasteiger partial charge in [-0.15, -0.1) is 0 Å². The molecule has 2 aliphatic heterocycles. The van der Waals surface area contributed by atoms with E-state index in [0.29, 0.717) is 17.6 Å². The maximum absolute atomic E-state index is 12.7. The van der Waals surface area contributed by atoms with Gasteiger partial charge in [-0.2, -0.15) is 4.98 Å². The van der Waals surface area contributed by atoms with Crippen molar-refractivity contribution in [2.24, 2.45) is 5.92 Å². The molecule has 0 N–H and O–H groups in total. The topological polar surface area (TPSA) is 62.5 Å². The van der Waals surface area contributed by atoms with Gasteiger partial charge in [-0.25, -0.2) is 0 Å². The molecule has 6 nitrogen and oxygen atoms in total. The number of piperidine rings is 2. The highest BCUT2D eigenvalue weighted by Crippen LogP contribution is 2.28. The lowest BCUT2D eigenvalue weighted by Gasteiger charge is -2.37. The number of carbonyl (C=O) groups is 1. The summed E-state index contributed by atoms with van der Waals surface area (Å²) in [5.74, 6) is 1.82. The Balaban J connectivity index is 1.34. The minimum atomic E-state index is 0.0704. The second kappa shape index (κ2) is 8.21. The summed E-state index contributed by atoms with van der Waals surface area (Å²) in [7, 11) is 0. The van der Waals surface area contributed by atoms with Crippen LogP contribution in [0.5, 0.6) is 0 Å². The van der Waals surface area contributed by atoms with Gasteiger partial charge in [-0.05, 0) is 52.1 Å². The van der Waals surface area contributed by atoms with E-state index in [1.807, 2.05) is 30.3 Å². The van der Waals surface area contributed by atoms with Gasteiger partial charge in [0, 0.05) is 24.6 Å². The fourth-order valence-electron chi connectivity index (χ4n) is 4.17. The maximum atomic E-state index is 12.7. The molecule has 0 spiro atoms. The van der Waals surface area contributed by atoms with Gasteiger partial charge in [0.05, 0.1) is 6.04 Å². The Kier molecular flexibility index (Phi) is 5.53. The maximum Gasteiger partial charge on any atom is 0.244 e. The van der Waals surface area contributed by atoms with Gasteiger partial charge in [0.15, 0.2) is 0 Å². The molecule has 1 aromatic heterocycles. The lowest BCUT2D eigenvalue weighted by molar-refractivity contribution is -0.138. The molecular formula is C21H28N4O2. The second-order valence-electron chi connectivity index (χ2n) is 7.69. The Bertz CT molecular complexity index is 747. The summed E-state index contributed by atoms with van der Waals surface area (Å²) in [6.07, 6.45) is 5.40. The third kappa shape index (κ3) is 4.05. The van der Waals surface area contributed by atoms with Crippen LogP contribution in [-0.4, -0.2) is 52.0 Å². The van der Waals surface area contributed by atoms with E-state index in [4.69, 9.17) is 4.52 Å². The number of hydrogen-bond donors (Lipinski definition) is 0. The van der Waals surface area contributed by atoms with E-state index < -0.39 is 0 Å².